The van der Waals surface area contributed by atoms with Gasteiger partial charge in [-0.1, -0.05) is 24.8 Å². The second-order valence-electron chi connectivity index (χ2n) is 5.32. The van der Waals surface area contributed by atoms with E-state index < -0.39 is 0 Å². The van der Waals surface area contributed by atoms with E-state index in [1.807, 2.05) is 18.2 Å². The fourth-order valence-electron chi connectivity index (χ4n) is 2.89. The van der Waals surface area contributed by atoms with Crippen molar-refractivity contribution in [3.63, 3.8) is 0 Å². The van der Waals surface area contributed by atoms with Gasteiger partial charge in [-0.25, -0.2) is 0 Å². The van der Waals surface area contributed by atoms with E-state index in [-0.39, 0.29) is 0 Å². The van der Waals surface area contributed by atoms with Crippen molar-refractivity contribution in [2.75, 3.05) is 6.54 Å². The average Bonchev–Trinajstić information content (AvgIpc) is 3.01. The summed E-state index contributed by atoms with van der Waals surface area (Å²) in [5.74, 6) is 0. The van der Waals surface area contributed by atoms with Crippen LogP contribution in [0.2, 0.25) is 0 Å². The first kappa shape index (κ1) is 12.9. The van der Waals surface area contributed by atoms with E-state index in [4.69, 9.17) is 0 Å². The molecule has 0 aliphatic carbocycles. The van der Waals surface area contributed by atoms with Crippen LogP contribution in [0.1, 0.15) is 31.7 Å². The van der Waals surface area contributed by atoms with E-state index in [2.05, 4.69) is 34.7 Å². The Morgan fingerprint density at radius 3 is 2.70 bits per heavy atom. The lowest BCUT2D eigenvalue weighted by Gasteiger charge is -2.37. The number of benzene rings is 1. The van der Waals surface area contributed by atoms with Crippen LogP contribution in [0.5, 0.6) is 0 Å². The topological polar surface area (TPSA) is 34.0 Å². The number of likely N-dealkylation sites (tertiary alicyclic amines) is 1. The number of para-hydroxylation sites is 1. The minimum Gasteiger partial charge on any atom is -0.369 e. The summed E-state index contributed by atoms with van der Waals surface area (Å²) in [6, 6.07) is 8.74. The molecule has 0 unspecified atom stereocenters. The Morgan fingerprint density at radius 1 is 1.20 bits per heavy atom. The summed E-state index contributed by atoms with van der Waals surface area (Å²) in [5.41, 5.74) is 3.17. The molecule has 0 N–H and O–H groups in total. The van der Waals surface area contributed by atoms with Crippen molar-refractivity contribution in [3.8, 4) is 5.69 Å². The van der Waals surface area contributed by atoms with Crippen LogP contribution in [0.3, 0.4) is 0 Å². The Hall–Kier alpha value is -2.10. The van der Waals surface area contributed by atoms with Gasteiger partial charge in [0, 0.05) is 23.8 Å². The van der Waals surface area contributed by atoms with Crippen LogP contribution in [0.15, 0.2) is 43.2 Å². The van der Waals surface area contributed by atoms with E-state index in [0.29, 0.717) is 6.04 Å². The van der Waals surface area contributed by atoms with Gasteiger partial charge in [0.1, 0.15) is 0 Å². The molecule has 1 aromatic heterocycles. The molecule has 20 heavy (non-hydrogen) atoms. The predicted octanol–water partition coefficient (Wildman–Crippen LogP) is 3.11. The molecule has 1 saturated heterocycles. The van der Waals surface area contributed by atoms with Gasteiger partial charge >= 0.3 is 0 Å². The maximum Gasteiger partial charge on any atom is 0.0949 e. The van der Waals surface area contributed by atoms with E-state index in [9.17, 15) is 0 Å². The van der Waals surface area contributed by atoms with E-state index >= 15 is 0 Å². The molecule has 2 aromatic rings. The Labute approximate surface area is 119 Å². The summed E-state index contributed by atoms with van der Waals surface area (Å²) in [6.07, 6.45) is 7.19. The lowest BCUT2D eigenvalue weighted by molar-refractivity contribution is 0.244. The summed E-state index contributed by atoms with van der Waals surface area (Å²) in [6.45, 7) is 7.69. The van der Waals surface area contributed by atoms with Gasteiger partial charge in [-0.3, -0.25) is 0 Å². The highest BCUT2D eigenvalue weighted by Gasteiger charge is 2.22. The van der Waals surface area contributed by atoms with Crippen molar-refractivity contribution in [3.05, 3.63) is 48.8 Å². The highest BCUT2D eigenvalue weighted by atomic mass is 15.5. The Morgan fingerprint density at radius 2 is 1.95 bits per heavy atom. The first-order chi connectivity index (χ1) is 9.77. The van der Waals surface area contributed by atoms with Crippen molar-refractivity contribution < 1.29 is 0 Å². The Balaban J connectivity index is 1.96. The van der Waals surface area contributed by atoms with E-state index in [1.54, 1.807) is 17.2 Å². The van der Waals surface area contributed by atoms with Gasteiger partial charge in [0.2, 0.25) is 0 Å². The Bertz CT molecular complexity index is 588. The third kappa shape index (κ3) is 2.33. The predicted molar refractivity (Wildman–Crippen MR) is 80.4 cm³/mol. The molecule has 3 rings (SSSR count). The quantitative estimate of drug-likeness (QED) is 0.857. The number of piperidine rings is 1. The van der Waals surface area contributed by atoms with Crippen LogP contribution < -0.4 is 0 Å². The zero-order valence-electron chi connectivity index (χ0n) is 11.9. The van der Waals surface area contributed by atoms with E-state index in [0.717, 1.165) is 23.5 Å². The van der Waals surface area contributed by atoms with Crippen LogP contribution >= 0.6 is 0 Å². The highest BCUT2D eigenvalue weighted by molar-refractivity contribution is 5.69. The molecule has 4 nitrogen and oxygen atoms in total. The standard InChI is InChI=1S/C16H20N4/c1-13-7-5-6-12-19(13)14(2)15-8-3-4-9-16(15)20-17-10-11-18-20/h3-4,8-11,13H,2,5-7,12H2,1H3/t13-/m1/s1. The summed E-state index contributed by atoms with van der Waals surface area (Å²) in [5, 5.41) is 8.48. The van der Waals surface area contributed by atoms with Crippen LogP contribution in [0.25, 0.3) is 11.4 Å². The summed E-state index contributed by atoms with van der Waals surface area (Å²) in [7, 11) is 0. The Kier molecular flexibility index (Phi) is 3.54. The molecule has 104 valence electrons. The molecule has 0 spiro atoms. The van der Waals surface area contributed by atoms with Crippen LogP contribution in [0.4, 0.5) is 0 Å². The maximum atomic E-state index is 4.33. The maximum absolute atomic E-state index is 4.33. The summed E-state index contributed by atoms with van der Waals surface area (Å²) < 4.78 is 0. The first-order valence-electron chi connectivity index (χ1n) is 7.19. The normalized spacial score (nSPS) is 19.1. The molecule has 0 saturated carbocycles. The van der Waals surface area contributed by atoms with Gasteiger partial charge in [-0.05, 0) is 32.3 Å². The molecule has 0 bridgehead atoms. The summed E-state index contributed by atoms with van der Waals surface area (Å²) in [4.78, 5) is 4.07. The minimum absolute atomic E-state index is 0.551. The van der Waals surface area contributed by atoms with Crippen LogP contribution in [0, 0.1) is 0 Å². The zero-order valence-corrected chi connectivity index (χ0v) is 11.9. The zero-order chi connectivity index (χ0) is 13.9. The molecular formula is C16H20N4. The second-order valence-corrected chi connectivity index (χ2v) is 5.32. The third-order valence-corrected chi connectivity index (χ3v) is 4.00. The molecule has 2 heterocycles. The molecule has 1 aliphatic rings. The number of aromatic nitrogens is 3. The molecular weight excluding hydrogens is 248 g/mol. The van der Waals surface area contributed by atoms with Gasteiger partial charge in [0.15, 0.2) is 0 Å². The van der Waals surface area contributed by atoms with Crippen molar-refractivity contribution in [2.24, 2.45) is 0 Å². The molecule has 1 fully saturated rings. The SMILES string of the molecule is C=C(c1ccccc1-n1nccn1)N1CCCC[C@H]1C. The van der Waals surface area contributed by atoms with Gasteiger partial charge in [-0.15, -0.1) is 0 Å². The summed E-state index contributed by atoms with van der Waals surface area (Å²) >= 11 is 0. The highest BCUT2D eigenvalue weighted by Crippen LogP contribution is 2.29. The fraction of sp³-hybridized carbons (Fsp3) is 0.375. The second kappa shape index (κ2) is 5.49. The van der Waals surface area contributed by atoms with Crippen molar-refractivity contribution in [1.29, 1.82) is 0 Å². The lowest BCUT2D eigenvalue weighted by Crippen LogP contribution is -2.35. The number of hydrogen-bond acceptors (Lipinski definition) is 3. The van der Waals surface area contributed by atoms with Gasteiger partial charge < -0.3 is 4.90 Å². The largest absolute Gasteiger partial charge is 0.369 e. The number of nitrogens with zero attached hydrogens (tertiary/aromatic N) is 4. The van der Waals surface area contributed by atoms with Gasteiger partial charge in [-0.2, -0.15) is 15.0 Å². The molecule has 0 radical (unpaired) electrons. The van der Waals surface area contributed by atoms with Crippen molar-refractivity contribution in [1.82, 2.24) is 19.9 Å². The smallest absolute Gasteiger partial charge is 0.0949 e. The molecule has 1 aromatic carbocycles. The van der Waals surface area contributed by atoms with Crippen molar-refractivity contribution in [2.45, 2.75) is 32.2 Å². The fourth-order valence-corrected chi connectivity index (χ4v) is 2.89. The lowest BCUT2D eigenvalue weighted by atomic mass is 10.0. The number of rotatable bonds is 3. The molecule has 4 heteroatoms. The first-order valence-corrected chi connectivity index (χ1v) is 7.19. The van der Waals surface area contributed by atoms with Gasteiger partial charge in [0.05, 0.1) is 18.1 Å². The van der Waals surface area contributed by atoms with E-state index in [1.165, 1.54) is 19.3 Å². The van der Waals surface area contributed by atoms with Crippen molar-refractivity contribution >= 4 is 5.70 Å². The third-order valence-electron chi connectivity index (χ3n) is 4.00. The average molecular weight is 268 g/mol. The van der Waals surface area contributed by atoms with Crippen LogP contribution in [-0.4, -0.2) is 32.5 Å². The monoisotopic (exact) mass is 268 g/mol. The minimum atomic E-state index is 0.551. The molecule has 1 atom stereocenters. The number of hydrogen-bond donors (Lipinski definition) is 0. The van der Waals surface area contributed by atoms with Gasteiger partial charge in [0.25, 0.3) is 0 Å². The van der Waals surface area contributed by atoms with Crippen LogP contribution in [-0.2, 0) is 0 Å². The molecule has 0 amide bonds. The molecule has 1 aliphatic heterocycles.